The van der Waals surface area contributed by atoms with Gasteiger partial charge in [-0.25, -0.2) is 0 Å². The van der Waals surface area contributed by atoms with Crippen molar-refractivity contribution in [2.24, 2.45) is 23.5 Å². The van der Waals surface area contributed by atoms with Gasteiger partial charge < -0.3 is 15.2 Å². The van der Waals surface area contributed by atoms with Crippen LogP contribution < -0.4 is 5.73 Å². The highest BCUT2D eigenvalue weighted by Gasteiger charge is 2.27. The van der Waals surface area contributed by atoms with E-state index in [4.69, 9.17) is 15.2 Å². The van der Waals surface area contributed by atoms with Crippen LogP contribution in [-0.2, 0) is 9.47 Å². The molecule has 3 heteroatoms. The van der Waals surface area contributed by atoms with Crippen LogP contribution >= 0.6 is 0 Å². The zero-order valence-corrected chi connectivity index (χ0v) is 11.2. The van der Waals surface area contributed by atoms with Crippen molar-refractivity contribution in [2.75, 3.05) is 19.8 Å². The molecular formula is C14H27NO2. The molecule has 1 heterocycles. The maximum absolute atomic E-state index is 6.16. The van der Waals surface area contributed by atoms with E-state index in [2.05, 4.69) is 13.8 Å². The second kappa shape index (κ2) is 6.17. The van der Waals surface area contributed by atoms with Crippen LogP contribution in [0.5, 0.6) is 0 Å². The van der Waals surface area contributed by atoms with E-state index >= 15 is 0 Å². The summed E-state index contributed by atoms with van der Waals surface area (Å²) in [5, 5.41) is 0. The highest BCUT2D eigenvalue weighted by Crippen LogP contribution is 2.30. The van der Waals surface area contributed by atoms with Gasteiger partial charge in [-0.15, -0.1) is 0 Å². The molecule has 0 radical (unpaired) electrons. The molecule has 3 nitrogen and oxygen atoms in total. The van der Waals surface area contributed by atoms with Crippen LogP contribution in [-0.4, -0.2) is 32.0 Å². The summed E-state index contributed by atoms with van der Waals surface area (Å²) in [6, 6.07) is 0.157. The molecule has 2 rings (SSSR count). The normalized spacial score (nSPS) is 40.4. The Morgan fingerprint density at radius 2 is 1.94 bits per heavy atom. The van der Waals surface area contributed by atoms with Gasteiger partial charge in [-0.05, 0) is 37.5 Å². The van der Waals surface area contributed by atoms with Crippen molar-refractivity contribution in [1.82, 2.24) is 0 Å². The van der Waals surface area contributed by atoms with Crippen LogP contribution in [0.1, 0.15) is 39.5 Å². The molecule has 100 valence electrons. The molecule has 0 aromatic rings. The average molecular weight is 241 g/mol. The fourth-order valence-electron chi connectivity index (χ4n) is 3.28. The van der Waals surface area contributed by atoms with Crippen LogP contribution in [0.4, 0.5) is 0 Å². The van der Waals surface area contributed by atoms with E-state index in [9.17, 15) is 0 Å². The molecule has 1 saturated heterocycles. The molecule has 0 aromatic heterocycles. The largest absolute Gasteiger partial charge is 0.381 e. The first-order valence-electron chi connectivity index (χ1n) is 7.10. The molecule has 1 saturated carbocycles. The first-order valence-corrected chi connectivity index (χ1v) is 7.10. The van der Waals surface area contributed by atoms with E-state index < -0.39 is 0 Å². The molecule has 0 amide bonds. The van der Waals surface area contributed by atoms with E-state index in [0.29, 0.717) is 18.6 Å². The maximum Gasteiger partial charge on any atom is 0.0624 e. The Kier molecular flexibility index (Phi) is 4.83. The minimum Gasteiger partial charge on any atom is -0.381 e. The lowest BCUT2D eigenvalue weighted by Crippen LogP contribution is -2.38. The first kappa shape index (κ1) is 13.3. The monoisotopic (exact) mass is 241 g/mol. The molecule has 4 unspecified atom stereocenters. The van der Waals surface area contributed by atoms with Gasteiger partial charge in [-0.2, -0.15) is 0 Å². The number of rotatable bonds is 4. The fourth-order valence-corrected chi connectivity index (χ4v) is 3.28. The van der Waals surface area contributed by atoms with Crippen molar-refractivity contribution in [3.8, 4) is 0 Å². The van der Waals surface area contributed by atoms with E-state index in [1.807, 2.05) is 0 Å². The van der Waals surface area contributed by atoms with Gasteiger partial charge in [0.05, 0.1) is 19.3 Å². The van der Waals surface area contributed by atoms with Gasteiger partial charge in [-0.3, -0.25) is 0 Å². The number of nitrogens with two attached hydrogens (primary N) is 1. The Balaban J connectivity index is 1.69. The van der Waals surface area contributed by atoms with Crippen molar-refractivity contribution >= 4 is 0 Å². The molecule has 1 aliphatic heterocycles. The lowest BCUT2D eigenvalue weighted by Gasteiger charge is -2.32. The molecule has 2 fully saturated rings. The topological polar surface area (TPSA) is 44.5 Å². The van der Waals surface area contributed by atoms with E-state index in [1.165, 1.54) is 19.3 Å². The van der Waals surface area contributed by atoms with Gasteiger partial charge >= 0.3 is 0 Å². The molecule has 0 aromatic carbocycles. The molecule has 2 aliphatic rings. The van der Waals surface area contributed by atoms with Gasteiger partial charge in [0, 0.05) is 18.6 Å². The second-order valence-corrected chi connectivity index (χ2v) is 6.16. The van der Waals surface area contributed by atoms with E-state index in [-0.39, 0.29) is 6.04 Å². The zero-order chi connectivity index (χ0) is 12.3. The van der Waals surface area contributed by atoms with E-state index in [1.54, 1.807) is 0 Å². The Hall–Kier alpha value is -0.120. The Bertz CT molecular complexity index is 218. The van der Waals surface area contributed by atoms with Crippen molar-refractivity contribution in [3.63, 3.8) is 0 Å². The van der Waals surface area contributed by atoms with Crippen LogP contribution in [0.3, 0.4) is 0 Å². The minimum absolute atomic E-state index is 0.157. The summed E-state index contributed by atoms with van der Waals surface area (Å²) in [7, 11) is 0. The van der Waals surface area contributed by atoms with Gasteiger partial charge in [0.1, 0.15) is 0 Å². The summed E-state index contributed by atoms with van der Waals surface area (Å²) >= 11 is 0. The van der Waals surface area contributed by atoms with Crippen LogP contribution in [0.2, 0.25) is 0 Å². The minimum atomic E-state index is 0.157. The highest BCUT2D eigenvalue weighted by molar-refractivity contribution is 4.79. The van der Waals surface area contributed by atoms with Crippen molar-refractivity contribution < 1.29 is 9.47 Å². The lowest BCUT2D eigenvalue weighted by molar-refractivity contribution is -0.0114. The van der Waals surface area contributed by atoms with Gasteiger partial charge in [0.25, 0.3) is 0 Å². The molecule has 2 N–H and O–H groups in total. The van der Waals surface area contributed by atoms with Crippen LogP contribution in [0, 0.1) is 17.8 Å². The summed E-state index contributed by atoms with van der Waals surface area (Å²) in [5.74, 6) is 2.11. The Morgan fingerprint density at radius 3 is 2.53 bits per heavy atom. The van der Waals surface area contributed by atoms with Crippen LogP contribution in [0.15, 0.2) is 0 Å². The standard InChI is InChI=1S/C14H27NO2/c1-10-5-11(2)7-13(6-10)17-9-14(15)12-3-4-16-8-12/h10-14H,3-9,15H2,1-2H3. The third kappa shape index (κ3) is 3.94. The lowest BCUT2D eigenvalue weighted by atomic mass is 9.82. The fraction of sp³-hybridized carbons (Fsp3) is 1.00. The number of hydrogen-bond acceptors (Lipinski definition) is 3. The quantitative estimate of drug-likeness (QED) is 0.820. The number of hydrogen-bond donors (Lipinski definition) is 1. The zero-order valence-electron chi connectivity index (χ0n) is 11.2. The molecular weight excluding hydrogens is 214 g/mol. The first-order chi connectivity index (χ1) is 8.15. The summed E-state index contributed by atoms with van der Waals surface area (Å²) < 4.78 is 11.4. The highest BCUT2D eigenvalue weighted by atomic mass is 16.5. The van der Waals surface area contributed by atoms with Crippen molar-refractivity contribution in [2.45, 2.75) is 51.7 Å². The second-order valence-electron chi connectivity index (χ2n) is 6.16. The van der Waals surface area contributed by atoms with Crippen molar-refractivity contribution in [3.05, 3.63) is 0 Å². The maximum atomic E-state index is 6.16. The average Bonchev–Trinajstić information content (AvgIpc) is 2.78. The van der Waals surface area contributed by atoms with Crippen LogP contribution in [0.25, 0.3) is 0 Å². The van der Waals surface area contributed by atoms with Gasteiger partial charge in [0.15, 0.2) is 0 Å². The molecule has 17 heavy (non-hydrogen) atoms. The smallest absolute Gasteiger partial charge is 0.0624 e. The number of ether oxygens (including phenoxy) is 2. The molecule has 4 atom stereocenters. The Labute approximate surface area is 105 Å². The van der Waals surface area contributed by atoms with E-state index in [0.717, 1.165) is 31.5 Å². The third-order valence-corrected chi connectivity index (χ3v) is 4.23. The molecule has 1 aliphatic carbocycles. The summed E-state index contributed by atoms with van der Waals surface area (Å²) in [4.78, 5) is 0. The van der Waals surface area contributed by atoms with Crippen molar-refractivity contribution in [1.29, 1.82) is 0 Å². The summed E-state index contributed by atoms with van der Waals surface area (Å²) in [6.45, 7) is 7.06. The van der Waals surface area contributed by atoms with Gasteiger partial charge in [-0.1, -0.05) is 13.8 Å². The summed E-state index contributed by atoms with van der Waals surface area (Å²) in [5.41, 5.74) is 6.16. The molecule has 0 bridgehead atoms. The predicted octanol–water partition coefficient (Wildman–Crippen LogP) is 2.19. The predicted molar refractivity (Wildman–Crippen MR) is 68.8 cm³/mol. The molecule has 0 spiro atoms. The third-order valence-electron chi connectivity index (χ3n) is 4.23. The summed E-state index contributed by atoms with van der Waals surface area (Å²) in [6.07, 6.45) is 5.29. The van der Waals surface area contributed by atoms with Gasteiger partial charge in [0.2, 0.25) is 0 Å². The SMILES string of the molecule is CC1CC(C)CC(OCC(N)C2CCOC2)C1. The Morgan fingerprint density at radius 1 is 1.24 bits per heavy atom.